The SMILES string of the molecule is Ic1ccc(N2Cc3ccc4ccccc4c3-c3c(ccc4ccccc34)C2)cc1. The van der Waals surface area contributed by atoms with E-state index in [1.807, 2.05) is 0 Å². The Morgan fingerprint density at radius 1 is 0.533 bits per heavy atom. The number of benzene rings is 5. The van der Waals surface area contributed by atoms with Gasteiger partial charge in [0.05, 0.1) is 0 Å². The lowest BCUT2D eigenvalue weighted by molar-refractivity contribution is 0.813. The zero-order valence-corrected chi connectivity index (χ0v) is 18.6. The van der Waals surface area contributed by atoms with E-state index in [1.165, 1.54) is 53.1 Å². The zero-order valence-electron chi connectivity index (χ0n) is 16.5. The van der Waals surface area contributed by atoms with Crippen molar-refractivity contribution in [1.82, 2.24) is 0 Å². The number of hydrogen-bond donors (Lipinski definition) is 0. The van der Waals surface area contributed by atoms with Crippen LogP contribution in [0.15, 0.2) is 97.1 Å². The minimum Gasteiger partial charge on any atom is -0.363 e. The molecule has 0 atom stereocenters. The third-order valence-corrected chi connectivity index (χ3v) is 6.91. The van der Waals surface area contributed by atoms with Crippen molar-refractivity contribution in [2.75, 3.05) is 4.90 Å². The summed E-state index contributed by atoms with van der Waals surface area (Å²) in [5.41, 5.74) is 6.85. The molecular weight excluding hydrogens is 477 g/mol. The summed E-state index contributed by atoms with van der Waals surface area (Å²) in [5.74, 6) is 0. The Balaban J connectivity index is 1.68. The van der Waals surface area contributed by atoms with Gasteiger partial charge in [-0.05, 0) is 90.7 Å². The lowest BCUT2D eigenvalue weighted by atomic mass is 9.88. The topological polar surface area (TPSA) is 3.24 Å². The number of nitrogens with zero attached hydrogens (tertiary/aromatic N) is 1. The van der Waals surface area contributed by atoms with E-state index in [0.29, 0.717) is 0 Å². The molecule has 1 nitrogen and oxygen atoms in total. The predicted molar refractivity (Wildman–Crippen MR) is 136 cm³/mol. The Labute approximate surface area is 190 Å². The van der Waals surface area contributed by atoms with Gasteiger partial charge in [-0.15, -0.1) is 0 Å². The van der Waals surface area contributed by atoms with Crippen LogP contribution in [0.4, 0.5) is 5.69 Å². The van der Waals surface area contributed by atoms with Crippen LogP contribution < -0.4 is 4.90 Å². The quantitative estimate of drug-likeness (QED) is 0.214. The molecule has 0 N–H and O–H groups in total. The molecule has 0 saturated heterocycles. The van der Waals surface area contributed by atoms with Gasteiger partial charge in [0.2, 0.25) is 0 Å². The van der Waals surface area contributed by atoms with Crippen molar-refractivity contribution in [2.24, 2.45) is 0 Å². The van der Waals surface area contributed by atoms with E-state index in [-0.39, 0.29) is 0 Å². The maximum atomic E-state index is 2.50. The largest absolute Gasteiger partial charge is 0.363 e. The molecule has 0 radical (unpaired) electrons. The molecule has 0 aromatic heterocycles. The van der Waals surface area contributed by atoms with Gasteiger partial charge in [-0.3, -0.25) is 0 Å². The highest BCUT2D eigenvalue weighted by Gasteiger charge is 2.23. The molecule has 0 bridgehead atoms. The molecule has 0 fully saturated rings. The van der Waals surface area contributed by atoms with E-state index in [1.54, 1.807) is 0 Å². The fourth-order valence-electron chi connectivity index (χ4n) is 4.79. The summed E-state index contributed by atoms with van der Waals surface area (Å²) >= 11 is 2.38. The van der Waals surface area contributed by atoms with Crippen LogP contribution in [-0.2, 0) is 13.1 Å². The van der Waals surface area contributed by atoms with Crippen LogP contribution in [0.25, 0.3) is 32.7 Å². The van der Waals surface area contributed by atoms with Gasteiger partial charge in [-0.2, -0.15) is 0 Å². The molecular formula is C28H20IN. The van der Waals surface area contributed by atoms with Gasteiger partial charge in [0, 0.05) is 22.3 Å². The lowest BCUT2D eigenvalue weighted by Gasteiger charge is -2.24. The van der Waals surface area contributed by atoms with Crippen molar-refractivity contribution in [3.05, 3.63) is 112 Å². The maximum absolute atomic E-state index is 2.50. The van der Waals surface area contributed by atoms with Crippen molar-refractivity contribution in [3.63, 3.8) is 0 Å². The highest BCUT2D eigenvalue weighted by Crippen LogP contribution is 2.42. The Hall–Kier alpha value is -2.85. The van der Waals surface area contributed by atoms with E-state index < -0.39 is 0 Å². The summed E-state index contributed by atoms with van der Waals surface area (Å²) in [6, 6.07) is 35.7. The molecule has 0 amide bonds. The molecule has 30 heavy (non-hydrogen) atoms. The fraction of sp³-hybridized carbons (Fsp3) is 0.0714. The lowest BCUT2D eigenvalue weighted by Crippen LogP contribution is -2.20. The summed E-state index contributed by atoms with van der Waals surface area (Å²) in [5, 5.41) is 5.30. The number of fused-ring (bicyclic) bond motifs is 7. The molecule has 2 heteroatoms. The maximum Gasteiger partial charge on any atom is 0.0439 e. The Bertz CT molecular complexity index is 1310. The van der Waals surface area contributed by atoms with E-state index >= 15 is 0 Å². The van der Waals surface area contributed by atoms with Crippen molar-refractivity contribution in [2.45, 2.75) is 13.1 Å². The van der Waals surface area contributed by atoms with Crippen LogP contribution in [0.5, 0.6) is 0 Å². The molecule has 1 aliphatic heterocycles. The van der Waals surface area contributed by atoms with E-state index in [9.17, 15) is 0 Å². The first kappa shape index (κ1) is 18.0. The molecule has 144 valence electrons. The van der Waals surface area contributed by atoms with E-state index in [2.05, 4.69) is 125 Å². The molecule has 0 saturated carbocycles. The first-order valence-corrected chi connectivity index (χ1v) is 11.4. The number of hydrogen-bond acceptors (Lipinski definition) is 1. The summed E-state index contributed by atoms with van der Waals surface area (Å²) in [6.45, 7) is 1.81. The second-order valence-corrected chi connectivity index (χ2v) is 9.22. The second-order valence-electron chi connectivity index (χ2n) is 7.97. The summed E-state index contributed by atoms with van der Waals surface area (Å²) < 4.78 is 1.27. The average molecular weight is 497 g/mol. The van der Waals surface area contributed by atoms with Gasteiger partial charge in [0.15, 0.2) is 0 Å². The average Bonchev–Trinajstić information content (AvgIpc) is 2.97. The van der Waals surface area contributed by atoms with Gasteiger partial charge >= 0.3 is 0 Å². The normalized spacial score (nSPS) is 13.2. The molecule has 0 aliphatic carbocycles. The number of rotatable bonds is 1. The van der Waals surface area contributed by atoms with Gasteiger partial charge < -0.3 is 4.90 Å². The van der Waals surface area contributed by atoms with Crippen molar-refractivity contribution < 1.29 is 0 Å². The van der Waals surface area contributed by atoms with Crippen LogP contribution in [0, 0.1) is 3.57 Å². The molecule has 1 aliphatic rings. The van der Waals surface area contributed by atoms with Gasteiger partial charge in [0.1, 0.15) is 0 Å². The fourth-order valence-corrected chi connectivity index (χ4v) is 5.15. The summed E-state index contributed by atoms with van der Waals surface area (Å²) in [4.78, 5) is 2.50. The smallest absolute Gasteiger partial charge is 0.0439 e. The number of anilines is 1. The third kappa shape index (κ3) is 2.90. The van der Waals surface area contributed by atoms with Crippen LogP contribution >= 0.6 is 22.6 Å². The predicted octanol–water partition coefficient (Wildman–Crippen LogP) is 7.78. The highest BCUT2D eigenvalue weighted by atomic mass is 127. The third-order valence-electron chi connectivity index (χ3n) is 6.19. The van der Waals surface area contributed by atoms with E-state index in [0.717, 1.165) is 13.1 Å². The van der Waals surface area contributed by atoms with E-state index in [4.69, 9.17) is 0 Å². The summed E-state index contributed by atoms with van der Waals surface area (Å²) in [6.07, 6.45) is 0. The Morgan fingerprint density at radius 3 is 1.57 bits per heavy atom. The molecule has 0 spiro atoms. The molecule has 0 unspecified atom stereocenters. The van der Waals surface area contributed by atoms with Crippen LogP contribution in [0.2, 0.25) is 0 Å². The number of halogens is 1. The zero-order chi connectivity index (χ0) is 20.1. The monoisotopic (exact) mass is 497 g/mol. The highest BCUT2D eigenvalue weighted by molar-refractivity contribution is 14.1. The van der Waals surface area contributed by atoms with Crippen molar-refractivity contribution in [3.8, 4) is 11.1 Å². The molecule has 5 aromatic rings. The van der Waals surface area contributed by atoms with Gasteiger partial charge in [-0.25, -0.2) is 0 Å². The van der Waals surface area contributed by atoms with Gasteiger partial charge in [0.25, 0.3) is 0 Å². The van der Waals surface area contributed by atoms with Crippen LogP contribution in [0.1, 0.15) is 11.1 Å². The molecule has 1 heterocycles. The Morgan fingerprint density at radius 2 is 1.03 bits per heavy atom. The standard InChI is InChI=1S/C28H20IN/c29-23-13-15-24(16-14-23)30-17-21-11-9-19-5-1-3-7-25(19)27(21)28-22(18-30)12-10-20-6-2-4-8-26(20)28/h1-16H,17-18H2. The van der Waals surface area contributed by atoms with Crippen LogP contribution in [-0.4, -0.2) is 0 Å². The molecule has 6 rings (SSSR count). The van der Waals surface area contributed by atoms with Crippen molar-refractivity contribution in [1.29, 1.82) is 0 Å². The first-order valence-electron chi connectivity index (χ1n) is 10.3. The second kappa shape index (κ2) is 7.13. The van der Waals surface area contributed by atoms with Gasteiger partial charge in [-0.1, -0.05) is 72.8 Å². The Kier molecular flexibility index (Phi) is 4.27. The minimum absolute atomic E-state index is 0.907. The van der Waals surface area contributed by atoms with Crippen LogP contribution in [0.3, 0.4) is 0 Å². The summed E-state index contributed by atoms with van der Waals surface area (Å²) in [7, 11) is 0. The minimum atomic E-state index is 0.907. The molecule has 5 aromatic carbocycles. The first-order chi connectivity index (χ1) is 14.8. The van der Waals surface area contributed by atoms with Crippen molar-refractivity contribution >= 4 is 49.8 Å².